The quantitative estimate of drug-likeness (QED) is 0.911. The molecule has 1 fully saturated rings. The summed E-state index contributed by atoms with van der Waals surface area (Å²) in [7, 11) is 0. The smallest absolute Gasteiger partial charge is 0.111 e. The maximum absolute atomic E-state index is 11.1. The summed E-state index contributed by atoms with van der Waals surface area (Å²) < 4.78 is 1.88. The van der Waals surface area contributed by atoms with Gasteiger partial charge in [0, 0.05) is 6.54 Å². The number of aliphatic hydroxyl groups is 1. The molecular formula is C14H23ClN2O. The first-order chi connectivity index (χ1) is 8.30. The molecule has 1 aliphatic carbocycles. The number of rotatable bonds is 3. The van der Waals surface area contributed by atoms with Gasteiger partial charge < -0.3 is 5.11 Å². The minimum absolute atomic E-state index is 0.152. The van der Waals surface area contributed by atoms with Crippen LogP contribution in [0.25, 0.3) is 0 Å². The fourth-order valence-corrected chi connectivity index (χ4v) is 3.77. The van der Waals surface area contributed by atoms with Crippen LogP contribution in [0.2, 0.25) is 5.02 Å². The van der Waals surface area contributed by atoms with Crippen LogP contribution in [0.4, 0.5) is 0 Å². The molecule has 0 spiro atoms. The van der Waals surface area contributed by atoms with Crippen molar-refractivity contribution in [2.45, 2.75) is 59.1 Å². The molecule has 0 bridgehead atoms. The lowest BCUT2D eigenvalue weighted by Gasteiger charge is -2.29. The second kappa shape index (κ2) is 4.53. The van der Waals surface area contributed by atoms with Crippen LogP contribution in [0.15, 0.2) is 6.20 Å². The SMILES string of the molecule is CCCn1ncc(Cl)c1C1(O)CC(C)(C)CC1C. The molecule has 2 atom stereocenters. The molecule has 0 amide bonds. The molecule has 1 heterocycles. The van der Waals surface area contributed by atoms with Gasteiger partial charge in [0.1, 0.15) is 5.60 Å². The third kappa shape index (κ3) is 2.19. The van der Waals surface area contributed by atoms with Crippen LogP contribution in [-0.4, -0.2) is 14.9 Å². The Morgan fingerprint density at radius 1 is 1.56 bits per heavy atom. The Morgan fingerprint density at radius 3 is 2.72 bits per heavy atom. The largest absolute Gasteiger partial charge is 0.383 e. The van der Waals surface area contributed by atoms with Crippen molar-refractivity contribution in [3.63, 3.8) is 0 Å². The van der Waals surface area contributed by atoms with Gasteiger partial charge in [-0.2, -0.15) is 5.10 Å². The highest BCUT2D eigenvalue weighted by Gasteiger charge is 2.51. The summed E-state index contributed by atoms with van der Waals surface area (Å²) in [6.07, 6.45) is 4.40. The van der Waals surface area contributed by atoms with E-state index in [-0.39, 0.29) is 11.3 Å². The van der Waals surface area contributed by atoms with Gasteiger partial charge in [-0.15, -0.1) is 0 Å². The predicted molar refractivity (Wildman–Crippen MR) is 73.6 cm³/mol. The highest BCUT2D eigenvalue weighted by Crippen LogP contribution is 2.53. The molecule has 1 saturated carbocycles. The second-order valence-corrected chi connectivity index (χ2v) is 6.84. The van der Waals surface area contributed by atoms with Gasteiger partial charge in [-0.25, -0.2) is 0 Å². The summed E-state index contributed by atoms with van der Waals surface area (Å²) in [5.41, 5.74) is 0.120. The Morgan fingerprint density at radius 2 is 2.22 bits per heavy atom. The Labute approximate surface area is 114 Å². The molecule has 1 aliphatic rings. The molecule has 0 aromatic carbocycles. The minimum atomic E-state index is -0.841. The lowest BCUT2D eigenvalue weighted by molar-refractivity contribution is -0.00922. The number of halogens is 1. The molecule has 1 aromatic heterocycles. The summed E-state index contributed by atoms with van der Waals surface area (Å²) in [5, 5.41) is 16.0. The Kier molecular flexibility index (Phi) is 3.50. The summed E-state index contributed by atoms with van der Waals surface area (Å²) >= 11 is 6.27. The van der Waals surface area contributed by atoms with E-state index in [0.29, 0.717) is 5.02 Å². The van der Waals surface area contributed by atoms with Crippen LogP contribution in [0.3, 0.4) is 0 Å². The zero-order valence-electron chi connectivity index (χ0n) is 11.7. The monoisotopic (exact) mass is 270 g/mol. The topological polar surface area (TPSA) is 38.0 Å². The van der Waals surface area contributed by atoms with E-state index in [1.54, 1.807) is 6.20 Å². The van der Waals surface area contributed by atoms with Crippen LogP contribution < -0.4 is 0 Å². The summed E-state index contributed by atoms with van der Waals surface area (Å²) in [5.74, 6) is 0.206. The van der Waals surface area contributed by atoms with Crippen molar-refractivity contribution in [2.24, 2.45) is 11.3 Å². The molecule has 102 valence electrons. The standard InChI is InChI=1S/C14H23ClN2O/c1-5-6-17-12(11(15)8-16-17)14(18)9-13(3,4)7-10(14)2/h8,10,18H,5-7,9H2,1-4H3. The maximum atomic E-state index is 11.1. The molecule has 2 unspecified atom stereocenters. The summed E-state index contributed by atoms with van der Waals surface area (Å²) in [6, 6.07) is 0. The molecule has 0 saturated heterocycles. The van der Waals surface area contributed by atoms with E-state index >= 15 is 0 Å². The van der Waals surface area contributed by atoms with E-state index in [9.17, 15) is 5.11 Å². The average Bonchev–Trinajstić information content (AvgIpc) is 2.67. The third-order valence-corrected chi connectivity index (χ3v) is 4.34. The summed E-state index contributed by atoms with van der Waals surface area (Å²) in [4.78, 5) is 0. The van der Waals surface area contributed by atoms with Crippen molar-refractivity contribution in [2.75, 3.05) is 0 Å². The molecule has 3 nitrogen and oxygen atoms in total. The van der Waals surface area contributed by atoms with E-state index in [0.717, 1.165) is 31.5 Å². The van der Waals surface area contributed by atoms with Crippen molar-refractivity contribution in [1.29, 1.82) is 0 Å². The number of aromatic nitrogens is 2. The van der Waals surface area contributed by atoms with Crippen LogP contribution in [0.5, 0.6) is 0 Å². The van der Waals surface area contributed by atoms with Gasteiger partial charge in [0.2, 0.25) is 0 Å². The van der Waals surface area contributed by atoms with Gasteiger partial charge in [-0.05, 0) is 30.6 Å². The van der Waals surface area contributed by atoms with Crippen molar-refractivity contribution >= 4 is 11.6 Å². The Hall–Kier alpha value is -0.540. The highest BCUT2D eigenvalue weighted by molar-refractivity contribution is 6.31. The number of aryl methyl sites for hydroxylation is 1. The van der Waals surface area contributed by atoms with Gasteiger partial charge in [-0.1, -0.05) is 39.3 Å². The predicted octanol–water partition coefficient (Wildman–Crippen LogP) is 3.59. The zero-order valence-corrected chi connectivity index (χ0v) is 12.5. The highest BCUT2D eigenvalue weighted by atomic mass is 35.5. The van der Waals surface area contributed by atoms with Crippen LogP contribution >= 0.6 is 11.6 Å². The fraction of sp³-hybridized carbons (Fsp3) is 0.786. The average molecular weight is 271 g/mol. The van der Waals surface area contributed by atoms with Crippen LogP contribution in [-0.2, 0) is 12.1 Å². The molecule has 0 aliphatic heterocycles. The first kappa shape index (κ1) is 13.9. The zero-order chi connectivity index (χ0) is 13.6. The molecule has 1 N–H and O–H groups in total. The first-order valence-electron chi connectivity index (χ1n) is 6.74. The van der Waals surface area contributed by atoms with E-state index in [4.69, 9.17) is 11.6 Å². The molecule has 18 heavy (non-hydrogen) atoms. The maximum Gasteiger partial charge on any atom is 0.111 e. The van der Waals surface area contributed by atoms with Crippen molar-refractivity contribution in [3.8, 4) is 0 Å². The number of nitrogens with zero attached hydrogens (tertiary/aromatic N) is 2. The van der Waals surface area contributed by atoms with E-state index in [1.165, 1.54) is 0 Å². The number of hydrogen-bond acceptors (Lipinski definition) is 2. The molecule has 4 heteroatoms. The van der Waals surface area contributed by atoms with Gasteiger partial charge >= 0.3 is 0 Å². The van der Waals surface area contributed by atoms with Crippen molar-refractivity contribution < 1.29 is 5.11 Å². The second-order valence-electron chi connectivity index (χ2n) is 6.43. The number of hydrogen-bond donors (Lipinski definition) is 1. The van der Waals surface area contributed by atoms with E-state index in [1.807, 2.05) is 4.68 Å². The van der Waals surface area contributed by atoms with Gasteiger partial charge in [0.05, 0.1) is 16.9 Å². The first-order valence-corrected chi connectivity index (χ1v) is 7.12. The summed E-state index contributed by atoms with van der Waals surface area (Å²) in [6.45, 7) is 9.42. The van der Waals surface area contributed by atoms with Crippen LogP contribution in [0, 0.1) is 11.3 Å². The molecule has 0 radical (unpaired) electrons. The lowest BCUT2D eigenvalue weighted by atomic mass is 9.87. The van der Waals surface area contributed by atoms with Crippen LogP contribution in [0.1, 0.15) is 52.7 Å². The molecule has 2 rings (SSSR count). The van der Waals surface area contributed by atoms with E-state index in [2.05, 4.69) is 32.8 Å². The van der Waals surface area contributed by atoms with Crippen molar-refractivity contribution in [1.82, 2.24) is 9.78 Å². The normalized spacial score (nSPS) is 30.9. The van der Waals surface area contributed by atoms with Crippen molar-refractivity contribution in [3.05, 3.63) is 16.9 Å². The van der Waals surface area contributed by atoms with E-state index < -0.39 is 5.60 Å². The third-order valence-electron chi connectivity index (χ3n) is 4.06. The van der Waals surface area contributed by atoms with Gasteiger partial charge in [-0.3, -0.25) is 4.68 Å². The molecule has 1 aromatic rings. The molecular weight excluding hydrogens is 248 g/mol. The van der Waals surface area contributed by atoms with Gasteiger partial charge in [0.15, 0.2) is 0 Å². The fourth-order valence-electron chi connectivity index (χ4n) is 3.46. The Balaban J connectivity index is 2.44. The Bertz CT molecular complexity index is 441. The van der Waals surface area contributed by atoms with Gasteiger partial charge in [0.25, 0.3) is 0 Å². The lowest BCUT2D eigenvalue weighted by Crippen LogP contribution is -2.32. The minimum Gasteiger partial charge on any atom is -0.383 e.